The fourth-order valence-electron chi connectivity index (χ4n) is 2.34. The topological polar surface area (TPSA) is 6.48 Å². The van der Waals surface area contributed by atoms with Crippen LogP contribution in [0, 0.1) is 5.92 Å². The van der Waals surface area contributed by atoms with E-state index in [9.17, 15) is 0 Å². The first-order chi connectivity index (χ1) is 5.66. The molecule has 0 amide bonds. The summed E-state index contributed by atoms with van der Waals surface area (Å²) >= 11 is 0. The van der Waals surface area contributed by atoms with Gasteiger partial charge in [-0.05, 0) is 25.9 Å². The standard InChI is InChI=1S/C10H22N2/c1-5-12-8-6-7-11(4)10(12)9(2)3/h9-10H,5-8H2,1-4H3. The Hall–Kier alpha value is -0.0800. The maximum absolute atomic E-state index is 2.58. The van der Waals surface area contributed by atoms with E-state index in [1.165, 1.54) is 26.1 Å². The minimum Gasteiger partial charge on any atom is -0.291 e. The highest BCUT2D eigenvalue weighted by atomic mass is 15.4. The minimum absolute atomic E-state index is 0.670. The molecule has 1 fully saturated rings. The van der Waals surface area contributed by atoms with Crippen molar-refractivity contribution in [2.24, 2.45) is 5.92 Å². The van der Waals surface area contributed by atoms with Crippen molar-refractivity contribution in [3.63, 3.8) is 0 Å². The molecule has 0 radical (unpaired) electrons. The molecular weight excluding hydrogens is 148 g/mol. The first kappa shape index (κ1) is 10.0. The van der Waals surface area contributed by atoms with E-state index in [1.54, 1.807) is 0 Å². The third-order valence-electron chi connectivity index (χ3n) is 2.78. The molecule has 0 saturated carbocycles. The van der Waals surface area contributed by atoms with Crippen molar-refractivity contribution in [3.8, 4) is 0 Å². The Morgan fingerprint density at radius 1 is 1.33 bits per heavy atom. The molecule has 0 spiro atoms. The van der Waals surface area contributed by atoms with Crippen LogP contribution in [-0.2, 0) is 0 Å². The average Bonchev–Trinajstić information content (AvgIpc) is 2.03. The molecule has 0 aliphatic carbocycles. The number of hydrogen-bond acceptors (Lipinski definition) is 2. The lowest BCUT2D eigenvalue weighted by atomic mass is 10.1. The summed E-state index contributed by atoms with van der Waals surface area (Å²) in [5.74, 6) is 0.746. The lowest BCUT2D eigenvalue weighted by Gasteiger charge is -2.44. The van der Waals surface area contributed by atoms with Gasteiger partial charge >= 0.3 is 0 Å². The maximum atomic E-state index is 2.58. The van der Waals surface area contributed by atoms with E-state index in [0.29, 0.717) is 6.17 Å². The van der Waals surface area contributed by atoms with Gasteiger partial charge < -0.3 is 0 Å². The molecule has 1 rings (SSSR count). The Labute approximate surface area is 76.5 Å². The van der Waals surface area contributed by atoms with Gasteiger partial charge in [0.15, 0.2) is 0 Å². The maximum Gasteiger partial charge on any atom is 0.0643 e. The second-order valence-electron chi connectivity index (χ2n) is 4.12. The van der Waals surface area contributed by atoms with Crippen LogP contribution in [-0.4, -0.2) is 42.6 Å². The molecule has 1 unspecified atom stereocenters. The van der Waals surface area contributed by atoms with E-state index in [-0.39, 0.29) is 0 Å². The van der Waals surface area contributed by atoms with Gasteiger partial charge in [0.25, 0.3) is 0 Å². The van der Waals surface area contributed by atoms with Gasteiger partial charge in [0.2, 0.25) is 0 Å². The van der Waals surface area contributed by atoms with Crippen LogP contribution in [0.3, 0.4) is 0 Å². The molecule has 1 aliphatic rings. The molecule has 0 aromatic rings. The van der Waals surface area contributed by atoms with Crippen LogP contribution in [0.25, 0.3) is 0 Å². The van der Waals surface area contributed by atoms with Gasteiger partial charge in [0.1, 0.15) is 0 Å². The summed E-state index contributed by atoms with van der Waals surface area (Å²) in [6.07, 6.45) is 2.00. The Balaban J connectivity index is 2.59. The normalized spacial score (nSPS) is 28.2. The summed E-state index contributed by atoms with van der Waals surface area (Å²) in [5.41, 5.74) is 0. The van der Waals surface area contributed by atoms with E-state index >= 15 is 0 Å². The molecule has 0 aromatic carbocycles. The van der Waals surface area contributed by atoms with Crippen molar-refractivity contribution in [2.45, 2.75) is 33.4 Å². The van der Waals surface area contributed by atoms with Crippen LogP contribution in [0.1, 0.15) is 27.2 Å². The molecule has 0 N–H and O–H groups in total. The van der Waals surface area contributed by atoms with Gasteiger partial charge in [-0.25, -0.2) is 0 Å². The van der Waals surface area contributed by atoms with E-state index in [4.69, 9.17) is 0 Å². The zero-order chi connectivity index (χ0) is 9.14. The lowest BCUT2D eigenvalue weighted by Crippen LogP contribution is -2.54. The van der Waals surface area contributed by atoms with Crippen LogP contribution in [0.5, 0.6) is 0 Å². The van der Waals surface area contributed by atoms with Gasteiger partial charge in [-0.2, -0.15) is 0 Å². The van der Waals surface area contributed by atoms with Gasteiger partial charge in [0, 0.05) is 13.1 Å². The van der Waals surface area contributed by atoms with Gasteiger partial charge in [0.05, 0.1) is 6.17 Å². The van der Waals surface area contributed by atoms with E-state index < -0.39 is 0 Å². The van der Waals surface area contributed by atoms with E-state index in [1.807, 2.05) is 0 Å². The molecule has 1 saturated heterocycles. The highest BCUT2D eigenvalue weighted by Gasteiger charge is 2.27. The molecule has 1 atom stereocenters. The summed E-state index contributed by atoms with van der Waals surface area (Å²) in [5, 5.41) is 0. The fraction of sp³-hybridized carbons (Fsp3) is 1.00. The van der Waals surface area contributed by atoms with Crippen LogP contribution < -0.4 is 0 Å². The van der Waals surface area contributed by atoms with Crippen LogP contribution >= 0.6 is 0 Å². The number of rotatable bonds is 2. The Morgan fingerprint density at radius 3 is 2.42 bits per heavy atom. The van der Waals surface area contributed by atoms with Crippen molar-refractivity contribution >= 4 is 0 Å². The first-order valence-corrected chi connectivity index (χ1v) is 5.11. The van der Waals surface area contributed by atoms with Gasteiger partial charge in [-0.1, -0.05) is 20.8 Å². The summed E-state index contributed by atoms with van der Waals surface area (Å²) in [7, 11) is 2.24. The first-order valence-electron chi connectivity index (χ1n) is 5.11. The monoisotopic (exact) mass is 170 g/mol. The third-order valence-corrected chi connectivity index (χ3v) is 2.78. The summed E-state index contributed by atoms with van der Waals surface area (Å²) in [6, 6.07) is 0. The molecule has 0 aromatic heterocycles. The molecule has 2 heteroatoms. The summed E-state index contributed by atoms with van der Waals surface area (Å²) in [4.78, 5) is 5.06. The highest BCUT2D eigenvalue weighted by molar-refractivity contribution is 4.78. The zero-order valence-electron chi connectivity index (χ0n) is 8.88. The Morgan fingerprint density at radius 2 is 2.00 bits per heavy atom. The molecule has 12 heavy (non-hydrogen) atoms. The summed E-state index contributed by atoms with van der Waals surface area (Å²) in [6.45, 7) is 10.6. The van der Waals surface area contributed by atoms with Crippen molar-refractivity contribution in [3.05, 3.63) is 0 Å². The Bertz CT molecular complexity index is 134. The molecule has 2 nitrogen and oxygen atoms in total. The largest absolute Gasteiger partial charge is 0.291 e. The molecule has 0 bridgehead atoms. The van der Waals surface area contributed by atoms with Gasteiger partial charge in [-0.3, -0.25) is 9.80 Å². The second-order valence-corrected chi connectivity index (χ2v) is 4.12. The van der Waals surface area contributed by atoms with Crippen molar-refractivity contribution in [1.29, 1.82) is 0 Å². The predicted molar refractivity (Wildman–Crippen MR) is 53.1 cm³/mol. The molecule has 72 valence electrons. The van der Waals surface area contributed by atoms with Crippen LogP contribution in [0.15, 0.2) is 0 Å². The van der Waals surface area contributed by atoms with Crippen LogP contribution in [0.4, 0.5) is 0 Å². The van der Waals surface area contributed by atoms with E-state index in [0.717, 1.165) is 5.92 Å². The van der Waals surface area contributed by atoms with Crippen LogP contribution in [0.2, 0.25) is 0 Å². The molecule has 1 heterocycles. The SMILES string of the molecule is CCN1CCCN(C)C1C(C)C. The highest BCUT2D eigenvalue weighted by Crippen LogP contribution is 2.18. The quantitative estimate of drug-likeness (QED) is 0.621. The van der Waals surface area contributed by atoms with Crippen molar-refractivity contribution in [1.82, 2.24) is 9.80 Å². The average molecular weight is 170 g/mol. The smallest absolute Gasteiger partial charge is 0.0643 e. The van der Waals surface area contributed by atoms with E-state index in [2.05, 4.69) is 37.6 Å². The van der Waals surface area contributed by atoms with Gasteiger partial charge in [-0.15, -0.1) is 0 Å². The van der Waals surface area contributed by atoms with Crippen molar-refractivity contribution < 1.29 is 0 Å². The molecule has 1 aliphatic heterocycles. The zero-order valence-corrected chi connectivity index (χ0v) is 8.88. The predicted octanol–water partition coefficient (Wildman–Crippen LogP) is 1.63. The fourth-order valence-corrected chi connectivity index (χ4v) is 2.34. The lowest BCUT2D eigenvalue weighted by molar-refractivity contribution is -0.00402. The van der Waals surface area contributed by atoms with Crippen molar-refractivity contribution in [2.75, 3.05) is 26.7 Å². The second kappa shape index (κ2) is 4.24. The third kappa shape index (κ3) is 1.99. The Kier molecular flexibility index (Phi) is 3.53. The minimum atomic E-state index is 0.670. The molecular formula is C10H22N2. The number of nitrogens with zero attached hydrogens (tertiary/aromatic N) is 2. The number of hydrogen-bond donors (Lipinski definition) is 0. The summed E-state index contributed by atoms with van der Waals surface area (Å²) < 4.78 is 0.